The minimum atomic E-state index is 0.415. The lowest BCUT2D eigenvalue weighted by Crippen LogP contribution is -2.30. The third-order valence-electron chi connectivity index (χ3n) is 3.03. The molecule has 0 spiro atoms. The van der Waals surface area contributed by atoms with Crippen molar-refractivity contribution in [3.63, 3.8) is 0 Å². The van der Waals surface area contributed by atoms with Gasteiger partial charge in [-0.3, -0.25) is 0 Å². The van der Waals surface area contributed by atoms with Crippen molar-refractivity contribution >= 4 is 32.4 Å². The maximum Gasteiger partial charge on any atom is 0.183 e. The molecule has 0 aliphatic heterocycles. The highest BCUT2D eigenvalue weighted by Crippen LogP contribution is 2.39. The van der Waals surface area contributed by atoms with Crippen molar-refractivity contribution in [1.82, 2.24) is 4.98 Å². The maximum absolute atomic E-state index is 4.31. The second-order valence-electron chi connectivity index (χ2n) is 4.55. The molecule has 0 radical (unpaired) electrons. The van der Waals surface area contributed by atoms with E-state index >= 15 is 0 Å². The van der Waals surface area contributed by atoms with Crippen molar-refractivity contribution in [2.24, 2.45) is 5.41 Å². The van der Waals surface area contributed by atoms with Crippen LogP contribution in [0.2, 0.25) is 0 Å². The Morgan fingerprint density at radius 2 is 2.43 bits per heavy atom. The summed E-state index contributed by atoms with van der Waals surface area (Å²) in [5.74, 6) is 0. The van der Waals surface area contributed by atoms with Gasteiger partial charge in [-0.25, -0.2) is 4.98 Å². The second kappa shape index (κ2) is 3.81. The molecule has 0 amide bonds. The Balaban J connectivity index is 2.04. The fraction of sp³-hybridized carbons (Fsp3) is 0.700. The predicted octanol–water partition coefficient (Wildman–Crippen LogP) is 3.90. The summed E-state index contributed by atoms with van der Waals surface area (Å²) in [6.45, 7) is 4.67. The van der Waals surface area contributed by atoms with E-state index in [2.05, 4.69) is 40.1 Å². The highest BCUT2D eigenvalue weighted by Gasteiger charge is 2.34. The van der Waals surface area contributed by atoms with Crippen molar-refractivity contribution in [2.75, 3.05) is 5.32 Å². The molecule has 1 fully saturated rings. The molecule has 1 unspecified atom stereocenters. The van der Waals surface area contributed by atoms with Crippen LogP contribution in [0.15, 0.2) is 9.98 Å². The SMILES string of the molecule is CC1(C)CCCC1Nc1ncc(Br)s1. The highest BCUT2D eigenvalue weighted by atomic mass is 79.9. The summed E-state index contributed by atoms with van der Waals surface area (Å²) >= 11 is 5.10. The van der Waals surface area contributed by atoms with Crippen molar-refractivity contribution in [3.8, 4) is 0 Å². The lowest BCUT2D eigenvalue weighted by molar-refractivity contribution is 0.350. The van der Waals surface area contributed by atoms with E-state index in [4.69, 9.17) is 0 Å². The van der Waals surface area contributed by atoms with Gasteiger partial charge in [0.15, 0.2) is 5.13 Å². The predicted molar refractivity (Wildman–Crippen MR) is 64.9 cm³/mol. The fourth-order valence-corrected chi connectivity index (χ4v) is 3.22. The number of nitrogens with one attached hydrogen (secondary N) is 1. The van der Waals surface area contributed by atoms with Gasteiger partial charge in [-0.05, 0) is 34.2 Å². The van der Waals surface area contributed by atoms with Crippen LogP contribution in [-0.4, -0.2) is 11.0 Å². The van der Waals surface area contributed by atoms with Crippen LogP contribution in [-0.2, 0) is 0 Å². The molecule has 0 aromatic carbocycles. The minimum absolute atomic E-state index is 0.415. The van der Waals surface area contributed by atoms with Crippen LogP contribution in [0.1, 0.15) is 33.1 Å². The summed E-state index contributed by atoms with van der Waals surface area (Å²) in [7, 11) is 0. The van der Waals surface area contributed by atoms with Gasteiger partial charge in [0.1, 0.15) is 0 Å². The lowest BCUT2D eigenvalue weighted by Gasteiger charge is -2.27. The third kappa shape index (κ3) is 2.11. The van der Waals surface area contributed by atoms with Crippen LogP contribution in [0, 0.1) is 5.41 Å². The third-order valence-corrected chi connectivity index (χ3v) is 4.44. The van der Waals surface area contributed by atoms with Crippen LogP contribution < -0.4 is 5.32 Å². The van der Waals surface area contributed by atoms with Crippen molar-refractivity contribution in [3.05, 3.63) is 9.98 Å². The zero-order valence-corrected chi connectivity index (χ0v) is 10.9. The summed E-state index contributed by atoms with van der Waals surface area (Å²) < 4.78 is 1.09. The summed E-state index contributed by atoms with van der Waals surface area (Å²) in [6.07, 6.45) is 5.77. The van der Waals surface area contributed by atoms with Gasteiger partial charge in [0.25, 0.3) is 0 Å². The molecule has 4 heteroatoms. The Hall–Kier alpha value is -0.0900. The summed E-state index contributed by atoms with van der Waals surface area (Å²) in [5.41, 5.74) is 0.415. The Morgan fingerprint density at radius 3 is 2.93 bits per heavy atom. The molecule has 1 aromatic rings. The molecule has 78 valence electrons. The van der Waals surface area contributed by atoms with Gasteiger partial charge in [0, 0.05) is 6.04 Å². The molecular weight excluding hydrogens is 260 g/mol. The molecule has 1 aliphatic carbocycles. The average Bonchev–Trinajstić information content (AvgIpc) is 2.61. The smallest absolute Gasteiger partial charge is 0.183 e. The lowest BCUT2D eigenvalue weighted by atomic mass is 9.87. The van der Waals surface area contributed by atoms with E-state index in [9.17, 15) is 0 Å². The zero-order chi connectivity index (χ0) is 10.2. The van der Waals surface area contributed by atoms with Crippen LogP contribution >= 0.6 is 27.3 Å². The first-order valence-corrected chi connectivity index (χ1v) is 6.57. The molecular formula is C10H15BrN2S. The number of nitrogens with zero attached hydrogens (tertiary/aromatic N) is 1. The average molecular weight is 275 g/mol. The number of anilines is 1. The summed E-state index contributed by atoms with van der Waals surface area (Å²) in [5, 5.41) is 4.57. The fourth-order valence-electron chi connectivity index (χ4n) is 2.06. The van der Waals surface area contributed by atoms with Crippen molar-refractivity contribution < 1.29 is 0 Å². The number of rotatable bonds is 2. The van der Waals surface area contributed by atoms with Gasteiger partial charge in [-0.15, -0.1) is 0 Å². The molecule has 14 heavy (non-hydrogen) atoms. The van der Waals surface area contributed by atoms with E-state index in [1.54, 1.807) is 11.3 Å². The molecule has 1 N–H and O–H groups in total. The quantitative estimate of drug-likeness (QED) is 0.885. The highest BCUT2D eigenvalue weighted by molar-refractivity contribution is 9.11. The largest absolute Gasteiger partial charge is 0.358 e. The van der Waals surface area contributed by atoms with Gasteiger partial charge in [0.05, 0.1) is 9.98 Å². The van der Waals surface area contributed by atoms with Crippen LogP contribution in [0.4, 0.5) is 5.13 Å². The number of hydrogen-bond acceptors (Lipinski definition) is 3. The van der Waals surface area contributed by atoms with Crippen LogP contribution in [0.3, 0.4) is 0 Å². The normalized spacial score (nSPS) is 25.2. The maximum atomic E-state index is 4.31. The molecule has 1 aromatic heterocycles. The molecule has 1 aliphatic rings. The number of hydrogen-bond donors (Lipinski definition) is 1. The molecule has 2 nitrogen and oxygen atoms in total. The van der Waals surface area contributed by atoms with Gasteiger partial charge >= 0.3 is 0 Å². The van der Waals surface area contributed by atoms with Crippen LogP contribution in [0.25, 0.3) is 0 Å². The van der Waals surface area contributed by atoms with E-state index in [-0.39, 0.29) is 0 Å². The van der Waals surface area contributed by atoms with Gasteiger partial charge in [-0.1, -0.05) is 31.6 Å². The first kappa shape index (κ1) is 10.4. The Morgan fingerprint density at radius 1 is 1.64 bits per heavy atom. The molecule has 2 rings (SSSR count). The molecule has 0 bridgehead atoms. The molecule has 1 heterocycles. The molecule has 0 saturated heterocycles. The van der Waals surface area contributed by atoms with E-state index in [1.165, 1.54) is 19.3 Å². The first-order valence-electron chi connectivity index (χ1n) is 4.96. The first-order chi connectivity index (χ1) is 6.58. The number of thiazole rings is 1. The minimum Gasteiger partial charge on any atom is -0.358 e. The summed E-state index contributed by atoms with van der Waals surface area (Å²) in [6, 6.07) is 0.584. The number of halogens is 1. The number of aromatic nitrogens is 1. The summed E-state index contributed by atoms with van der Waals surface area (Å²) in [4.78, 5) is 4.31. The van der Waals surface area contributed by atoms with Crippen molar-refractivity contribution in [2.45, 2.75) is 39.2 Å². The topological polar surface area (TPSA) is 24.9 Å². The van der Waals surface area contributed by atoms with E-state index in [0.29, 0.717) is 11.5 Å². The monoisotopic (exact) mass is 274 g/mol. The van der Waals surface area contributed by atoms with Gasteiger partial charge in [0.2, 0.25) is 0 Å². The standard InChI is InChI=1S/C10H15BrN2S/c1-10(2)5-3-4-7(10)13-9-12-6-8(11)14-9/h6-7H,3-5H2,1-2H3,(H,12,13). The Bertz CT molecular complexity index is 322. The van der Waals surface area contributed by atoms with E-state index in [1.807, 2.05) is 6.20 Å². The van der Waals surface area contributed by atoms with Gasteiger partial charge < -0.3 is 5.32 Å². The Kier molecular flexibility index (Phi) is 2.84. The molecule has 1 saturated carbocycles. The van der Waals surface area contributed by atoms with Crippen molar-refractivity contribution in [1.29, 1.82) is 0 Å². The molecule has 1 atom stereocenters. The van der Waals surface area contributed by atoms with Crippen LogP contribution in [0.5, 0.6) is 0 Å². The Labute approximate surface area is 97.3 Å². The van der Waals surface area contributed by atoms with E-state index in [0.717, 1.165) is 8.92 Å². The van der Waals surface area contributed by atoms with E-state index < -0.39 is 0 Å². The zero-order valence-electron chi connectivity index (χ0n) is 8.51. The van der Waals surface area contributed by atoms with Gasteiger partial charge in [-0.2, -0.15) is 0 Å². The second-order valence-corrected chi connectivity index (χ2v) is 6.96.